The summed E-state index contributed by atoms with van der Waals surface area (Å²) in [7, 11) is 1.63. The summed E-state index contributed by atoms with van der Waals surface area (Å²) < 4.78 is 11.8. The minimum Gasteiger partial charge on any atom is -0.497 e. The van der Waals surface area contributed by atoms with Crippen molar-refractivity contribution in [1.82, 2.24) is 0 Å². The maximum Gasteiger partial charge on any atom is 0.193 e. The number of aliphatic imine (C=N–C) groups is 1. The Morgan fingerprint density at radius 2 is 1.88 bits per heavy atom. The second-order valence-electron chi connectivity index (χ2n) is 4.94. The Morgan fingerprint density at radius 1 is 1.21 bits per heavy atom. The number of para-hydroxylation sites is 1. The molecule has 0 amide bonds. The summed E-state index contributed by atoms with van der Waals surface area (Å²) in [4.78, 5) is 4.30. The van der Waals surface area contributed by atoms with Crippen LogP contribution < -0.4 is 20.5 Å². The van der Waals surface area contributed by atoms with Crippen molar-refractivity contribution in [3.63, 3.8) is 0 Å². The monoisotopic (exact) mass is 505 g/mol. The zero-order valence-electron chi connectivity index (χ0n) is 13.5. The van der Waals surface area contributed by atoms with Crippen LogP contribution in [0.4, 0.5) is 5.69 Å². The molecule has 0 fully saturated rings. The number of nitrogens with two attached hydrogens (primary N) is 1. The largest absolute Gasteiger partial charge is 0.497 e. The molecule has 5 nitrogen and oxygen atoms in total. The van der Waals surface area contributed by atoms with Gasteiger partial charge in [0.05, 0.1) is 18.1 Å². The van der Waals surface area contributed by atoms with Crippen molar-refractivity contribution in [2.45, 2.75) is 13.0 Å². The smallest absolute Gasteiger partial charge is 0.193 e. The van der Waals surface area contributed by atoms with Gasteiger partial charge in [0, 0.05) is 5.69 Å². The fourth-order valence-corrected chi connectivity index (χ4v) is 2.26. The van der Waals surface area contributed by atoms with Crippen molar-refractivity contribution in [3.05, 3.63) is 53.0 Å². The van der Waals surface area contributed by atoms with Crippen LogP contribution in [0.5, 0.6) is 11.5 Å². The van der Waals surface area contributed by atoms with Crippen molar-refractivity contribution in [3.8, 4) is 11.5 Å². The van der Waals surface area contributed by atoms with Gasteiger partial charge in [-0.1, -0.05) is 12.1 Å². The van der Waals surface area contributed by atoms with E-state index in [-0.39, 0.29) is 30.1 Å². The van der Waals surface area contributed by atoms with E-state index in [1.165, 1.54) is 0 Å². The summed E-state index contributed by atoms with van der Waals surface area (Å²) in [5, 5.41) is 3.03. The molecule has 130 valence electrons. The number of benzene rings is 2. The quantitative estimate of drug-likeness (QED) is 0.349. The van der Waals surface area contributed by atoms with Crippen LogP contribution in [-0.4, -0.2) is 25.7 Å². The van der Waals surface area contributed by atoms with E-state index >= 15 is 0 Å². The molecule has 0 heterocycles. The van der Waals surface area contributed by atoms with Gasteiger partial charge in [-0.15, -0.1) is 24.0 Å². The van der Waals surface area contributed by atoms with E-state index in [2.05, 4.69) is 26.2 Å². The highest BCUT2D eigenvalue weighted by atomic mass is 127. The third-order valence-electron chi connectivity index (χ3n) is 3.05. The Bertz CT molecular complexity index is 665. The Morgan fingerprint density at radius 3 is 2.50 bits per heavy atom. The molecule has 2 aromatic rings. The van der Waals surface area contributed by atoms with Crippen molar-refractivity contribution >= 4 is 51.6 Å². The number of hydrogen-bond donors (Lipinski definition) is 2. The van der Waals surface area contributed by atoms with Gasteiger partial charge in [0.1, 0.15) is 17.6 Å². The zero-order chi connectivity index (χ0) is 16.7. The Labute approximate surface area is 167 Å². The second-order valence-corrected chi connectivity index (χ2v) is 5.79. The molecule has 1 atom stereocenters. The van der Waals surface area contributed by atoms with Crippen LogP contribution >= 0.6 is 39.9 Å². The van der Waals surface area contributed by atoms with Gasteiger partial charge >= 0.3 is 0 Å². The summed E-state index contributed by atoms with van der Waals surface area (Å²) in [5.74, 6) is 1.93. The van der Waals surface area contributed by atoms with Crippen molar-refractivity contribution in [1.29, 1.82) is 0 Å². The van der Waals surface area contributed by atoms with E-state index in [1.807, 2.05) is 55.5 Å². The molecule has 3 N–H and O–H groups in total. The molecule has 0 aliphatic heterocycles. The second kappa shape index (κ2) is 10.4. The highest BCUT2D eigenvalue weighted by Gasteiger charge is 2.06. The number of methoxy groups -OCH3 is 1. The van der Waals surface area contributed by atoms with Gasteiger partial charge in [0.2, 0.25) is 0 Å². The van der Waals surface area contributed by atoms with Gasteiger partial charge in [-0.3, -0.25) is 0 Å². The topological polar surface area (TPSA) is 68.9 Å². The van der Waals surface area contributed by atoms with Crippen molar-refractivity contribution in [2.75, 3.05) is 19.0 Å². The Balaban J connectivity index is 0.00000288. The molecule has 0 radical (unpaired) electrons. The summed E-state index contributed by atoms with van der Waals surface area (Å²) in [6.07, 6.45) is -0.0927. The number of rotatable bonds is 6. The van der Waals surface area contributed by atoms with Gasteiger partial charge in [-0.2, -0.15) is 0 Å². The van der Waals surface area contributed by atoms with Gasteiger partial charge < -0.3 is 20.5 Å². The molecular formula is C17H21BrIN3O2. The number of hydrogen-bond acceptors (Lipinski definition) is 3. The third kappa shape index (κ3) is 6.56. The molecule has 2 rings (SSSR count). The lowest BCUT2D eigenvalue weighted by Gasteiger charge is -2.14. The number of halogens is 2. The van der Waals surface area contributed by atoms with Crippen LogP contribution in [0, 0.1) is 0 Å². The normalized spacial score (nSPS) is 12.0. The predicted molar refractivity (Wildman–Crippen MR) is 113 cm³/mol. The average molecular weight is 506 g/mol. The molecular weight excluding hydrogens is 485 g/mol. The molecule has 0 saturated carbocycles. The molecule has 24 heavy (non-hydrogen) atoms. The van der Waals surface area contributed by atoms with Gasteiger partial charge in [-0.05, 0) is 59.3 Å². The third-order valence-corrected chi connectivity index (χ3v) is 3.70. The molecule has 0 aromatic heterocycles. The number of ether oxygens (including phenoxy) is 2. The van der Waals surface area contributed by atoms with Crippen LogP contribution in [0.3, 0.4) is 0 Å². The molecule has 0 spiro atoms. The molecule has 0 bridgehead atoms. The maximum absolute atomic E-state index is 5.89. The minimum atomic E-state index is -0.0927. The lowest BCUT2D eigenvalue weighted by atomic mass is 10.3. The first-order chi connectivity index (χ1) is 11.1. The summed E-state index contributed by atoms with van der Waals surface area (Å²) in [5.41, 5.74) is 6.74. The first-order valence-electron chi connectivity index (χ1n) is 7.20. The molecule has 0 aliphatic carbocycles. The van der Waals surface area contributed by atoms with E-state index in [9.17, 15) is 0 Å². The molecule has 7 heteroatoms. The van der Waals surface area contributed by atoms with E-state index in [0.29, 0.717) is 12.5 Å². The summed E-state index contributed by atoms with van der Waals surface area (Å²) in [6, 6.07) is 15.2. The van der Waals surface area contributed by atoms with E-state index < -0.39 is 0 Å². The fourth-order valence-electron chi connectivity index (χ4n) is 1.88. The Kier molecular flexibility index (Phi) is 8.91. The summed E-state index contributed by atoms with van der Waals surface area (Å²) in [6.45, 7) is 2.40. The summed E-state index contributed by atoms with van der Waals surface area (Å²) >= 11 is 3.45. The number of nitrogens with zero attached hydrogens (tertiary/aromatic N) is 1. The molecule has 0 saturated heterocycles. The van der Waals surface area contributed by atoms with Crippen LogP contribution in [0.15, 0.2) is 58.0 Å². The van der Waals surface area contributed by atoms with E-state index in [0.717, 1.165) is 21.7 Å². The van der Waals surface area contributed by atoms with Crippen LogP contribution in [0.1, 0.15) is 6.92 Å². The molecule has 1 unspecified atom stereocenters. The van der Waals surface area contributed by atoms with E-state index in [1.54, 1.807) is 7.11 Å². The number of anilines is 1. The SMILES string of the molecule is COc1ccc(NC(N)=NCC(C)Oc2ccccc2Br)cc1.I. The van der Waals surface area contributed by atoms with Gasteiger partial charge in [0.15, 0.2) is 5.96 Å². The zero-order valence-corrected chi connectivity index (χ0v) is 17.4. The van der Waals surface area contributed by atoms with E-state index in [4.69, 9.17) is 15.2 Å². The maximum atomic E-state index is 5.89. The average Bonchev–Trinajstić information content (AvgIpc) is 2.56. The lowest BCUT2D eigenvalue weighted by molar-refractivity contribution is 0.229. The lowest BCUT2D eigenvalue weighted by Crippen LogP contribution is -2.25. The Hall–Kier alpha value is -1.48. The molecule has 0 aliphatic rings. The highest BCUT2D eigenvalue weighted by molar-refractivity contribution is 14.0. The first kappa shape index (κ1) is 20.6. The molecule has 2 aromatic carbocycles. The number of guanidine groups is 1. The van der Waals surface area contributed by atoms with Crippen LogP contribution in [0.25, 0.3) is 0 Å². The predicted octanol–water partition coefficient (Wildman–Crippen LogP) is 4.27. The number of nitrogens with one attached hydrogen (secondary N) is 1. The standard InChI is InChI=1S/C17H20BrN3O2.HI/c1-12(23-16-6-4-3-5-15(16)18)11-20-17(19)21-13-7-9-14(22-2)10-8-13;/h3-10,12H,11H2,1-2H3,(H3,19,20,21);1H. The highest BCUT2D eigenvalue weighted by Crippen LogP contribution is 2.24. The minimum absolute atomic E-state index is 0. The van der Waals surface area contributed by atoms with Gasteiger partial charge in [0.25, 0.3) is 0 Å². The first-order valence-corrected chi connectivity index (χ1v) is 8.00. The fraction of sp³-hybridized carbons (Fsp3) is 0.235. The van der Waals surface area contributed by atoms with Crippen molar-refractivity contribution in [2.24, 2.45) is 10.7 Å². The van der Waals surface area contributed by atoms with Crippen LogP contribution in [0.2, 0.25) is 0 Å². The van der Waals surface area contributed by atoms with Crippen LogP contribution in [-0.2, 0) is 0 Å². The van der Waals surface area contributed by atoms with Gasteiger partial charge in [-0.25, -0.2) is 4.99 Å². The van der Waals surface area contributed by atoms with Crippen molar-refractivity contribution < 1.29 is 9.47 Å².